The van der Waals surface area contributed by atoms with Gasteiger partial charge < -0.3 is 15.4 Å². The van der Waals surface area contributed by atoms with Gasteiger partial charge in [0.2, 0.25) is 0 Å². The van der Waals surface area contributed by atoms with Gasteiger partial charge in [0.1, 0.15) is 6.10 Å². The van der Waals surface area contributed by atoms with E-state index < -0.39 is 6.10 Å². The third-order valence-corrected chi connectivity index (χ3v) is 6.85. The van der Waals surface area contributed by atoms with Gasteiger partial charge in [0.15, 0.2) is 5.65 Å². The van der Waals surface area contributed by atoms with Crippen molar-refractivity contribution in [2.45, 2.75) is 50.8 Å². The highest BCUT2D eigenvalue weighted by atomic mass is 16.6. The van der Waals surface area contributed by atoms with E-state index in [2.05, 4.69) is 21.9 Å². The molecular weight excluding hydrogens is 408 g/mol. The molecule has 0 saturated carbocycles. The number of amides is 1. The summed E-state index contributed by atoms with van der Waals surface area (Å²) in [6.07, 6.45) is 5.59. The molecule has 9 nitrogen and oxygen atoms in total. The number of fused-ring (bicyclic) bond motifs is 2. The molecule has 3 aromatic heterocycles. The Hall–Kier alpha value is -3.20. The molecule has 4 heterocycles. The average Bonchev–Trinajstić information content (AvgIpc) is 3.11. The van der Waals surface area contributed by atoms with E-state index in [1.165, 1.54) is 0 Å². The summed E-state index contributed by atoms with van der Waals surface area (Å²) >= 11 is 0. The summed E-state index contributed by atoms with van der Waals surface area (Å²) in [4.78, 5) is 38.7. The monoisotopic (exact) mass is 436 g/mol. The van der Waals surface area contributed by atoms with Gasteiger partial charge in [-0.1, -0.05) is 13.0 Å². The number of rotatable bonds is 2. The predicted molar refractivity (Wildman–Crippen MR) is 119 cm³/mol. The summed E-state index contributed by atoms with van der Waals surface area (Å²) in [5, 5.41) is 0. The van der Waals surface area contributed by atoms with Crippen LogP contribution in [0, 0.1) is 5.92 Å². The molecule has 1 amide bonds. The lowest BCUT2D eigenvalue weighted by atomic mass is 9.95. The van der Waals surface area contributed by atoms with Crippen LogP contribution in [0.5, 0.6) is 0 Å². The number of nitrogens with two attached hydrogens (primary N) is 1. The minimum atomic E-state index is -0.394. The fourth-order valence-corrected chi connectivity index (χ4v) is 4.96. The van der Waals surface area contributed by atoms with Crippen LogP contribution in [0.2, 0.25) is 0 Å². The second-order valence-corrected chi connectivity index (χ2v) is 8.82. The summed E-state index contributed by atoms with van der Waals surface area (Å²) in [6.45, 7) is 3.18. The number of nitrogens with zero attached hydrogens (tertiary/aromatic N) is 4. The molecule has 3 unspecified atom stereocenters. The lowest BCUT2D eigenvalue weighted by Crippen LogP contribution is -2.41. The van der Waals surface area contributed by atoms with Crippen LogP contribution >= 0.6 is 0 Å². The summed E-state index contributed by atoms with van der Waals surface area (Å²) < 4.78 is 7.70. The van der Waals surface area contributed by atoms with Crippen molar-refractivity contribution in [1.29, 1.82) is 0 Å². The molecule has 3 atom stereocenters. The molecule has 32 heavy (non-hydrogen) atoms. The molecule has 168 valence electrons. The molecule has 0 spiro atoms. The van der Waals surface area contributed by atoms with Crippen molar-refractivity contribution < 1.29 is 9.53 Å². The van der Waals surface area contributed by atoms with Gasteiger partial charge in [-0.05, 0) is 55.4 Å². The van der Waals surface area contributed by atoms with Crippen molar-refractivity contribution >= 4 is 17.3 Å². The van der Waals surface area contributed by atoms with Crippen LogP contribution < -0.4 is 11.4 Å². The lowest BCUT2D eigenvalue weighted by Gasteiger charge is -2.33. The first-order chi connectivity index (χ1) is 15.5. The van der Waals surface area contributed by atoms with E-state index in [9.17, 15) is 9.59 Å². The number of imidazole rings is 1. The van der Waals surface area contributed by atoms with Crippen LogP contribution in [-0.4, -0.2) is 43.6 Å². The molecule has 1 fully saturated rings. The fraction of sp³-hybridized carbons (Fsp3) is 0.478. The van der Waals surface area contributed by atoms with Crippen molar-refractivity contribution in [3.63, 3.8) is 0 Å². The molecule has 1 aliphatic carbocycles. The average molecular weight is 437 g/mol. The number of nitrogens with one attached hydrogen (secondary N) is 1. The fourth-order valence-electron chi connectivity index (χ4n) is 4.96. The number of ether oxygens (including phenoxy) is 1. The van der Waals surface area contributed by atoms with Gasteiger partial charge in [0.05, 0.1) is 11.2 Å². The van der Waals surface area contributed by atoms with Crippen molar-refractivity contribution in [3.8, 4) is 0 Å². The van der Waals surface area contributed by atoms with E-state index in [0.29, 0.717) is 43.9 Å². The molecule has 1 aliphatic heterocycles. The maximum atomic E-state index is 13.0. The Morgan fingerprint density at radius 3 is 2.69 bits per heavy atom. The number of aromatic nitrogens is 4. The maximum Gasteiger partial charge on any atom is 0.410 e. The SMILES string of the molecule is CC1CCC(OC(=O)N2CCC(n3c(=O)[nH]c4ncccc43)CC2)c2ncccc2C1N. The largest absolute Gasteiger partial charge is 0.440 e. The van der Waals surface area contributed by atoms with Gasteiger partial charge >= 0.3 is 11.8 Å². The van der Waals surface area contributed by atoms with Crippen LogP contribution in [0.1, 0.15) is 62.1 Å². The Morgan fingerprint density at radius 2 is 1.88 bits per heavy atom. The highest BCUT2D eigenvalue weighted by molar-refractivity contribution is 5.70. The number of piperidine rings is 1. The number of carbonyl (C=O) groups excluding carboxylic acids is 1. The Morgan fingerprint density at radius 1 is 1.12 bits per heavy atom. The van der Waals surface area contributed by atoms with Crippen molar-refractivity contribution in [2.75, 3.05) is 13.1 Å². The van der Waals surface area contributed by atoms with Gasteiger partial charge in [-0.25, -0.2) is 14.6 Å². The standard InChI is InChI=1S/C23H28N6O3/c1-14-6-7-18(20-16(19(14)24)4-2-10-25-20)32-23(31)28-12-8-15(9-13-28)29-17-5-3-11-26-21(17)27-22(29)30/h2-5,10-11,14-15,18-19H,6-9,12-13,24H2,1H3,(H,26,27,30). The summed E-state index contributed by atoms with van der Waals surface area (Å²) in [5.74, 6) is 0.293. The Bertz CT molecular complexity index is 1180. The van der Waals surface area contributed by atoms with Gasteiger partial charge in [-0.15, -0.1) is 0 Å². The van der Waals surface area contributed by atoms with Crippen molar-refractivity contribution in [1.82, 2.24) is 24.4 Å². The van der Waals surface area contributed by atoms with E-state index in [1.54, 1.807) is 21.9 Å². The minimum absolute atomic E-state index is 0.0172. The molecule has 3 aromatic rings. The van der Waals surface area contributed by atoms with E-state index in [0.717, 1.165) is 23.2 Å². The summed E-state index contributed by atoms with van der Waals surface area (Å²) in [5.41, 5.74) is 9.37. The minimum Gasteiger partial charge on any atom is -0.440 e. The zero-order chi connectivity index (χ0) is 22.2. The van der Waals surface area contributed by atoms with E-state index in [-0.39, 0.29) is 23.9 Å². The Labute approximate surface area is 185 Å². The Kier molecular flexibility index (Phi) is 5.42. The van der Waals surface area contributed by atoms with Crippen LogP contribution in [0.3, 0.4) is 0 Å². The number of hydrogen-bond acceptors (Lipinski definition) is 6. The smallest absolute Gasteiger partial charge is 0.410 e. The first-order valence-corrected chi connectivity index (χ1v) is 11.2. The predicted octanol–water partition coefficient (Wildman–Crippen LogP) is 3.06. The molecule has 9 heteroatoms. The lowest BCUT2D eigenvalue weighted by molar-refractivity contribution is 0.0467. The van der Waals surface area contributed by atoms with E-state index in [4.69, 9.17) is 10.5 Å². The first kappa shape index (κ1) is 20.7. The second kappa shape index (κ2) is 8.38. The van der Waals surface area contributed by atoms with Gasteiger partial charge in [-0.3, -0.25) is 14.5 Å². The van der Waals surface area contributed by atoms with E-state index >= 15 is 0 Å². The Balaban J connectivity index is 1.28. The third-order valence-electron chi connectivity index (χ3n) is 6.85. The van der Waals surface area contributed by atoms with Crippen molar-refractivity contribution in [3.05, 3.63) is 58.4 Å². The van der Waals surface area contributed by atoms with Crippen LogP contribution in [0.4, 0.5) is 4.79 Å². The normalized spacial score (nSPS) is 24.2. The third kappa shape index (κ3) is 3.66. The van der Waals surface area contributed by atoms with Crippen LogP contribution in [0.15, 0.2) is 41.5 Å². The summed E-state index contributed by atoms with van der Waals surface area (Å²) in [6, 6.07) is 7.48. The number of likely N-dealkylation sites (tertiary alicyclic amines) is 1. The first-order valence-electron chi connectivity index (χ1n) is 11.2. The zero-order valence-electron chi connectivity index (χ0n) is 18.1. The molecular formula is C23H28N6O3. The van der Waals surface area contributed by atoms with Gasteiger partial charge in [0.25, 0.3) is 0 Å². The van der Waals surface area contributed by atoms with Crippen molar-refractivity contribution in [2.24, 2.45) is 11.7 Å². The molecule has 0 bridgehead atoms. The number of pyridine rings is 2. The van der Waals surface area contributed by atoms with Gasteiger partial charge in [0, 0.05) is 37.6 Å². The number of carbonyl (C=O) groups is 1. The van der Waals surface area contributed by atoms with Crippen LogP contribution in [-0.2, 0) is 4.74 Å². The highest BCUT2D eigenvalue weighted by Gasteiger charge is 2.33. The molecule has 1 saturated heterocycles. The number of aromatic amines is 1. The van der Waals surface area contributed by atoms with Gasteiger partial charge in [-0.2, -0.15) is 0 Å². The number of H-pyrrole nitrogens is 1. The molecule has 0 radical (unpaired) electrons. The quantitative estimate of drug-likeness (QED) is 0.596. The second-order valence-electron chi connectivity index (χ2n) is 8.82. The number of hydrogen-bond donors (Lipinski definition) is 2. The molecule has 2 aliphatic rings. The highest BCUT2D eigenvalue weighted by Crippen LogP contribution is 2.37. The summed E-state index contributed by atoms with van der Waals surface area (Å²) in [7, 11) is 0. The molecule has 5 rings (SSSR count). The molecule has 3 N–H and O–H groups in total. The molecule has 0 aromatic carbocycles. The van der Waals surface area contributed by atoms with E-state index in [1.807, 2.05) is 24.3 Å². The zero-order valence-corrected chi connectivity index (χ0v) is 18.1. The maximum absolute atomic E-state index is 13.0. The topological polar surface area (TPSA) is 119 Å². The van der Waals surface area contributed by atoms with Crippen LogP contribution in [0.25, 0.3) is 11.2 Å².